The van der Waals surface area contributed by atoms with Crippen molar-refractivity contribution < 1.29 is 4.79 Å². The van der Waals surface area contributed by atoms with Crippen LogP contribution in [0.4, 0.5) is 0 Å². The van der Waals surface area contributed by atoms with Crippen LogP contribution in [0.5, 0.6) is 0 Å². The van der Waals surface area contributed by atoms with Gasteiger partial charge in [0.1, 0.15) is 4.88 Å². The molecule has 0 saturated heterocycles. The fourth-order valence-corrected chi connectivity index (χ4v) is 2.53. The Morgan fingerprint density at radius 1 is 1.59 bits per heavy atom. The largest absolute Gasteiger partial charge is 0.340 e. The summed E-state index contributed by atoms with van der Waals surface area (Å²) < 4.78 is 0. The molecule has 1 rings (SSSR count). The van der Waals surface area contributed by atoms with Gasteiger partial charge in [0.05, 0.1) is 5.02 Å². The average molecular weight is 297 g/mol. The molecule has 0 aliphatic heterocycles. The van der Waals surface area contributed by atoms with Gasteiger partial charge in [-0.2, -0.15) is 0 Å². The lowest BCUT2D eigenvalue weighted by molar-refractivity contribution is 0.0745. The van der Waals surface area contributed by atoms with Gasteiger partial charge < -0.3 is 10.6 Å². The predicted octanol–water partition coefficient (Wildman–Crippen LogP) is 2.88. The molecule has 0 unspecified atom stereocenters. The zero-order chi connectivity index (χ0) is 12.3. The Hall–Kier alpha value is -0.290. The quantitative estimate of drug-likeness (QED) is 0.929. The van der Waals surface area contributed by atoms with E-state index >= 15 is 0 Å². The first-order valence-corrected chi connectivity index (χ1v) is 6.31. The van der Waals surface area contributed by atoms with Gasteiger partial charge in [-0.15, -0.1) is 23.7 Å². The van der Waals surface area contributed by atoms with Crippen LogP contribution in [0, 0.1) is 5.41 Å². The molecule has 1 aromatic heterocycles. The molecule has 98 valence electrons. The Labute approximate surface area is 117 Å². The van der Waals surface area contributed by atoms with Crippen LogP contribution in [0.3, 0.4) is 0 Å². The number of halogens is 2. The highest BCUT2D eigenvalue weighted by molar-refractivity contribution is 7.12. The molecule has 6 heteroatoms. The molecule has 0 fully saturated rings. The summed E-state index contributed by atoms with van der Waals surface area (Å²) in [5.74, 6) is -0.0403. The standard InChI is InChI=1S/C11H17ClN2OS.ClH/c1-11(2,6-13)7-14(3)10(15)9-8(12)4-5-16-9;/h4-5H,6-7,13H2,1-3H3;1H. The lowest BCUT2D eigenvalue weighted by atomic mass is 9.93. The molecular weight excluding hydrogens is 279 g/mol. The van der Waals surface area contributed by atoms with Gasteiger partial charge in [0, 0.05) is 13.6 Å². The molecule has 1 aromatic rings. The van der Waals surface area contributed by atoms with Gasteiger partial charge in [0.2, 0.25) is 0 Å². The van der Waals surface area contributed by atoms with E-state index in [1.54, 1.807) is 18.0 Å². The first-order valence-electron chi connectivity index (χ1n) is 5.06. The van der Waals surface area contributed by atoms with Gasteiger partial charge in [-0.05, 0) is 23.4 Å². The maximum Gasteiger partial charge on any atom is 0.265 e. The van der Waals surface area contributed by atoms with Crippen molar-refractivity contribution in [1.82, 2.24) is 4.90 Å². The number of carbonyl (C=O) groups is 1. The minimum absolute atomic E-state index is 0. The number of carbonyl (C=O) groups excluding carboxylic acids is 1. The number of hydrogen-bond donors (Lipinski definition) is 1. The summed E-state index contributed by atoms with van der Waals surface area (Å²) in [5.41, 5.74) is 5.57. The molecule has 0 aliphatic carbocycles. The first-order chi connectivity index (χ1) is 7.37. The second-order valence-electron chi connectivity index (χ2n) is 4.63. The van der Waals surface area contributed by atoms with Crippen molar-refractivity contribution in [3.05, 3.63) is 21.3 Å². The number of rotatable bonds is 4. The summed E-state index contributed by atoms with van der Waals surface area (Å²) in [6, 6.07) is 1.74. The van der Waals surface area contributed by atoms with Crippen LogP contribution in [0.15, 0.2) is 11.4 Å². The predicted molar refractivity (Wildman–Crippen MR) is 76.4 cm³/mol. The Bertz CT molecular complexity index is 379. The molecule has 0 spiro atoms. The van der Waals surface area contributed by atoms with Gasteiger partial charge in [-0.25, -0.2) is 0 Å². The van der Waals surface area contributed by atoms with E-state index in [9.17, 15) is 4.79 Å². The summed E-state index contributed by atoms with van der Waals surface area (Å²) in [5, 5.41) is 2.34. The van der Waals surface area contributed by atoms with Crippen molar-refractivity contribution in [2.45, 2.75) is 13.8 Å². The number of amides is 1. The molecule has 0 atom stereocenters. The van der Waals surface area contributed by atoms with E-state index in [1.165, 1.54) is 11.3 Å². The van der Waals surface area contributed by atoms with Gasteiger partial charge in [0.15, 0.2) is 0 Å². The normalized spacial score (nSPS) is 10.9. The summed E-state index contributed by atoms with van der Waals surface area (Å²) in [6.07, 6.45) is 0. The highest BCUT2D eigenvalue weighted by Crippen LogP contribution is 2.24. The van der Waals surface area contributed by atoms with Crippen molar-refractivity contribution in [3.63, 3.8) is 0 Å². The van der Waals surface area contributed by atoms with Crippen molar-refractivity contribution in [2.75, 3.05) is 20.1 Å². The smallest absolute Gasteiger partial charge is 0.265 e. The summed E-state index contributed by atoms with van der Waals surface area (Å²) in [7, 11) is 1.77. The molecule has 0 aliphatic rings. The monoisotopic (exact) mass is 296 g/mol. The molecule has 0 saturated carbocycles. The number of thiophene rings is 1. The molecule has 1 amide bonds. The third-order valence-electron chi connectivity index (χ3n) is 2.38. The van der Waals surface area contributed by atoms with E-state index in [1.807, 2.05) is 19.2 Å². The fourth-order valence-electron chi connectivity index (χ4n) is 1.40. The topological polar surface area (TPSA) is 46.3 Å². The molecule has 0 aromatic carbocycles. The van der Waals surface area contributed by atoms with Crippen LogP contribution >= 0.6 is 35.3 Å². The highest BCUT2D eigenvalue weighted by Gasteiger charge is 2.23. The van der Waals surface area contributed by atoms with Crippen LogP contribution in [0.1, 0.15) is 23.5 Å². The van der Waals surface area contributed by atoms with Crippen LogP contribution in [0.2, 0.25) is 5.02 Å². The van der Waals surface area contributed by atoms with Crippen LogP contribution in [-0.4, -0.2) is 30.9 Å². The zero-order valence-corrected chi connectivity index (χ0v) is 12.6. The minimum atomic E-state index is -0.0753. The molecular formula is C11H18Cl2N2OS. The van der Waals surface area contributed by atoms with Crippen molar-refractivity contribution in [1.29, 1.82) is 0 Å². The molecule has 17 heavy (non-hydrogen) atoms. The van der Waals surface area contributed by atoms with E-state index in [0.29, 0.717) is 23.0 Å². The van der Waals surface area contributed by atoms with Crippen LogP contribution < -0.4 is 5.73 Å². The second kappa shape index (κ2) is 6.59. The van der Waals surface area contributed by atoms with Crippen molar-refractivity contribution >= 4 is 41.3 Å². The lowest BCUT2D eigenvalue weighted by Gasteiger charge is -2.28. The van der Waals surface area contributed by atoms with E-state index in [0.717, 1.165) is 0 Å². The van der Waals surface area contributed by atoms with Crippen molar-refractivity contribution in [3.8, 4) is 0 Å². The second-order valence-corrected chi connectivity index (χ2v) is 5.95. The Balaban J connectivity index is 0.00000256. The number of hydrogen-bond acceptors (Lipinski definition) is 3. The molecule has 1 heterocycles. The van der Waals surface area contributed by atoms with E-state index in [2.05, 4.69) is 0 Å². The zero-order valence-electron chi connectivity index (χ0n) is 10.2. The van der Waals surface area contributed by atoms with E-state index in [4.69, 9.17) is 17.3 Å². The summed E-state index contributed by atoms with van der Waals surface area (Å²) >= 11 is 7.29. The summed E-state index contributed by atoms with van der Waals surface area (Å²) in [6.45, 7) is 5.24. The van der Waals surface area contributed by atoms with Gasteiger partial charge in [-0.1, -0.05) is 25.4 Å². The van der Waals surface area contributed by atoms with Crippen molar-refractivity contribution in [2.24, 2.45) is 11.1 Å². The summed E-state index contributed by atoms with van der Waals surface area (Å²) in [4.78, 5) is 14.3. The SMILES string of the molecule is CN(CC(C)(C)CN)C(=O)c1sccc1Cl.Cl. The first kappa shape index (κ1) is 16.7. The maximum absolute atomic E-state index is 12.0. The fraction of sp³-hybridized carbons (Fsp3) is 0.545. The van der Waals surface area contributed by atoms with Gasteiger partial charge in [-0.3, -0.25) is 4.79 Å². The Kier molecular flexibility index (Phi) is 6.48. The third kappa shape index (κ3) is 4.47. The Morgan fingerprint density at radius 3 is 2.59 bits per heavy atom. The lowest BCUT2D eigenvalue weighted by Crippen LogP contribution is -2.39. The van der Waals surface area contributed by atoms with Gasteiger partial charge in [0.25, 0.3) is 5.91 Å². The average Bonchev–Trinajstić information content (AvgIpc) is 2.62. The van der Waals surface area contributed by atoms with E-state index < -0.39 is 0 Å². The minimum Gasteiger partial charge on any atom is -0.340 e. The maximum atomic E-state index is 12.0. The number of nitrogens with two attached hydrogens (primary N) is 1. The highest BCUT2D eigenvalue weighted by atomic mass is 35.5. The van der Waals surface area contributed by atoms with Crippen LogP contribution in [0.25, 0.3) is 0 Å². The van der Waals surface area contributed by atoms with Crippen LogP contribution in [-0.2, 0) is 0 Å². The molecule has 2 N–H and O–H groups in total. The number of nitrogens with zero attached hydrogens (tertiary/aromatic N) is 1. The molecule has 3 nitrogen and oxygen atoms in total. The molecule has 0 bridgehead atoms. The molecule has 0 radical (unpaired) electrons. The van der Waals surface area contributed by atoms with E-state index in [-0.39, 0.29) is 23.7 Å². The Morgan fingerprint density at radius 2 is 2.18 bits per heavy atom. The van der Waals surface area contributed by atoms with Gasteiger partial charge >= 0.3 is 0 Å². The third-order valence-corrected chi connectivity index (χ3v) is 3.71.